The van der Waals surface area contributed by atoms with Crippen molar-refractivity contribution < 1.29 is 19.1 Å². The predicted octanol–water partition coefficient (Wildman–Crippen LogP) is 3.86. The van der Waals surface area contributed by atoms with Gasteiger partial charge in [-0.1, -0.05) is 68.3 Å². The number of anilines is 1. The first-order chi connectivity index (χ1) is 14.1. The van der Waals surface area contributed by atoms with Crippen molar-refractivity contribution in [2.24, 2.45) is 11.8 Å². The Labute approximate surface area is 170 Å². The summed E-state index contributed by atoms with van der Waals surface area (Å²) in [6.07, 6.45) is 6.48. The van der Waals surface area contributed by atoms with E-state index in [1.807, 2.05) is 54.6 Å². The van der Waals surface area contributed by atoms with Crippen LogP contribution >= 0.6 is 0 Å². The number of carbonyl (C=O) groups is 2. The molecule has 0 aromatic heterocycles. The van der Waals surface area contributed by atoms with Gasteiger partial charge in [0.25, 0.3) is 0 Å². The Bertz CT molecular complexity index is 994. The van der Waals surface area contributed by atoms with Crippen molar-refractivity contribution in [3.63, 3.8) is 0 Å². The number of carbonyl (C=O) groups excluding carboxylic acids is 2. The number of unbranched alkanes of at least 4 members (excludes halogenated alkanes) is 2. The fourth-order valence-corrected chi connectivity index (χ4v) is 5.04. The van der Waals surface area contributed by atoms with Gasteiger partial charge in [-0.15, -0.1) is 0 Å². The summed E-state index contributed by atoms with van der Waals surface area (Å²) in [5, 5.41) is 2.11. The molecule has 5 nitrogen and oxygen atoms in total. The molecule has 3 aliphatic heterocycles. The summed E-state index contributed by atoms with van der Waals surface area (Å²) >= 11 is 0. The lowest BCUT2D eigenvalue weighted by atomic mass is 9.77. The first-order valence-electron chi connectivity index (χ1n) is 10.5. The Morgan fingerprint density at radius 3 is 2.90 bits per heavy atom. The maximum atomic E-state index is 13.5. The molecule has 2 aromatic carbocycles. The Morgan fingerprint density at radius 2 is 2.03 bits per heavy atom. The van der Waals surface area contributed by atoms with Gasteiger partial charge in [0.15, 0.2) is 0 Å². The summed E-state index contributed by atoms with van der Waals surface area (Å²) < 4.78 is 11.7. The molecule has 1 spiro atoms. The van der Waals surface area contributed by atoms with E-state index in [4.69, 9.17) is 9.47 Å². The highest BCUT2D eigenvalue weighted by Crippen LogP contribution is 2.53. The Kier molecular flexibility index (Phi) is 4.43. The number of nitrogens with zero attached hydrogens (tertiary/aromatic N) is 1. The molecule has 1 unspecified atom stereocenters. The third-order valence-corrected chi connectivity index (χ3v) is 6.42. The van der Waals surface area contributed by atoms with Gasteiger partial charge < -0.3 is 14.4 Å². The van der Waals surface area contributed by atoms with Gasteiger partial charge in [0.1, 0.15) is 11.5 Å². The monoisotopic (exact) mass is 391 g/mol. The number of amides is 1. The average molecular weight is 391 g/mol. The van der Waals surface area contributed by atoms with Gasteiger partial charge >= 0.3 is 5.97 Å². The molecule has 0 aliphatic carbocycles. The first kappa shape index (κ1) is 18.4. The van der Waals surface area contributed by atoms with Gasteiger partial charge in [0.05, 0.1) is 30.9 Å². The molecule has 2 saturated heterocycles. The van der Waals surface area contributed by atoms with E-state index in [-0.39, 0.29) is 18.0 Å². The minimum atomic E-state index is -0.730. The van der Waals surface area contributed by atoms with Gasteiger partial charge in [-0.2, -0.15) is 0 Å². The van der Waals surface area contributed by atoms with Crippen LogP contribution in [0.15, 0.2) is 54.6 Å². The second-order valence-electron chi connectivity index (χ2n) is 8.20. The van der Waals surface area contributed by atoms with Crippen LogP contribution in [0.3, 0.4) is 0 Å². The standard InChI is InChI=1S/C24H25NO4/c1-2-3-6-14-28-23(27)20-19-12-13-24(29-19)15-25(22(26)21(20)24)18-11-7-9-16-8-4-5-10-17(16)18/h4-5,7-13,19-21H,2-3,6,14-15H2,1H3/t19-,20?,21+,24-/m1/s1. The largest absolute Gasteiger partial charge is 0.465 e. The second-order valence-corrected chi connectivity index (χ2v) is 8.20. The highest BCUT2D eigenvalue weighted by Gasteiger charge is 2.67. The third-order valence-electron chi connectivity index (χ3n) is 6.42. The van der Waals surface area contributed by atoms with Crippen LogP contribution in [0.4, 0.5) is 5.69 Å². The van der Waals surface area contributed by atoms with Gasteiger partial charge in [0, 0.05) is 5.39 Å². The number of esters is 1. The van der Waals surface area contributed by atoms with Crippen molar-refractivity contribution in [3.05, 3.63) is 54.6 Å². The predicted molar refractivity (Wildman–Crippen MR) is 111 cm³/mol. The molecule has 2 fully saturated rings. The van der Waals surface area contributed by atoms with Crippen molar-refractivity contribution in [1.29, 1.82) is 0 Å². The van der Waals surface area contributed by atoms with Crippen molar-refractivity contribution in [1.82, 2.24) is 0 Å². The number of fused-ring (bicyclic) bond motifs is 2. The molecule has 2 aromatic rings. The van der Waals surface area contributed by atoms with Gasteiger partial charge in [0.2, 0.25) is 5.91 Å². The highest BCUT2D eigenvalue weighted by atomic mass is 16.6. The fraction of sp³-hybridized carbons (Fsp3) is 0.417. The maximum Gasteiger partial charge on any atom is 0.312 e. The van der Waals surface area contributed by atoms with E-state index in [2.05, 4.69) is 6.92 Å². The molecule has 5 rings (SSSR count). The van der Waals surface area contributed by atoms with Crippen LogP contribution in [0.1, 0.15) is 26.2 Å². The molecule has 4 atom stereocenters. The SMILES string of the molecule is CCCCCOC(=O)C1[C@H]2C(=O)N(c3cccc4ccccc34)C[C@]23C=C[C@H]1O3. The molecular formula is C24H25NO4. The zero-order valence-electron chi connectivity index (χ0n) is 16.5. The molecule has 1 amide bonds. The Balaban J connectivity index is 1.44. The van der Waals surface area contributed by atoms with E-state index >= 15 is 0 Å². The summed E-state index contributed by atoms with van der Waals surface area (Å²) in [6.45, 7) is 2.94. The first-order valence-corrected chi connectivity index (χ1v) is 10.5. The van der Waals surface area contributed by atoms with Crippen LogP contribution in [0, 0.1) is 11.8 Å². The van der Waals surface area contributed by atoms with Crippen LogP contribution in [-0.4, -0.2) is 36.7 Å². The lowest BCUT2D eigenvalue weighted by molar-refractivity contribution is -0.152. The normalized spacial score (nSPS) is 29.6. The van der Waals surface area contributed by atoms with Crippen LogP contribution in [-0.2, 0) is 19.1 Å². The molecule has 29 heavy (non-hydrogen) atoms. The van der Waals surface area contributed by atoms with E-state index in [0.29, 0.717) is 13.2 Å². The van der Waals surface area contributed by atoms with Crippen molar-refractivity contribution in [2.45, 2.75) is 37.9 Å². The summed E-state index contributed by atoms with van der Waals surface area (Å²) in [4.78, 5) is 28.1. The molecule has 0 radical (unpaired) electrons. The zero-order chi connectivity index (χ0) is 20.0. The van der Waals surface area contributed by atoms with Crippen molar-refractivity contribution >= 4 is 28.3 Å². The van der Waals surface area contributed by atoms with E-state index in [9.17, 15) is 9.59 Å². The van der Waals surface area contributed by atoms with Crippen LogP contribution in [0.5, 0.6) is 0 Å². The molecule has 150 valence electrons. The Hall–Kier alpha value is -2.66. The van der Waals surface area contributed by atoms with Crippen molar-refractivity contribution in [2.75, 3.05) is 18.1 Å². The van der Waals surface area contributed by atoms with E-state index in [1.54, 1.807) is 4.90 Å². The summed E-state index contributed by atoms with van der Waals surface area (Å²) in [5.41, 5.74) is 0.138. The fourth-order valence-electron chi connectivity index (χ4n) is 5.04. The minimum absolute atomic E-state index is 0.0521. The quantitative estimate of drug-likeness (QED) is 0.426. The van der Waals surface area contributed by atoms with E-state index in [1.165, 1.54) is 0 Å². The minimum Gasteiger partial charge on any atom is -0.465 e. The maximum absolute atomic E-state index is 13.5. The van der Waals surface area contributed by atoms with Crippen molar-refractivity contribution in [3.8, 4) is 0 Å². The number of benzene rings is 2. The van der Waals surface area contributed by atoms with E-state index in [0.717, 1.165) is 35.7 Å². The topological polar surface area (TPSA) is 55.8 Å². The lowest BCUT2D eigenvalue weighted by Crippen LogP contribution is -2.40. The van der Waals surface area contributed by atoms with Crippen LogP contribution < -0.4 is 4.90 Å². The summed E-state index contributed by atoms with van der Waals surface area (Å²) in [6, 6.07) is 14.0. The number of rotatable bonds is 6. The van der Waals surface area contributed by atoms with Crippen LogP contribution in [0.2, 0.25) is 0 Å². The number of hydrogen-bond acceptors (Lipinski definition) is 4. The van der Waals surface area contributed by atoms with Crippen LogP contribution in [0.25, 0.3) is 10.8 Å². The summed E-state index contributed by atoms with van der Waals surface area (Å²) in [7, 11) is 0. The molecule has 0 N–H and O–H groups in total. The number of ether oxygens (including phenoxy) is 2. The smallest absolute Gasteiger partial charge is 0.312 e. The average Bonchev–Trinajstić information content (AvgIpc) is 3.39. The number of hydrogen-bond donors (Lipinski definition) is 0. The molecule has 3 heterocycles. The third kappa shape index (κ3) is 2.79. The second kappa shape index (κ2) is 6.99. The molecule has 5 heteroatoms. The lowest BCUT2D eigenvalue weighted by Gasteiger charge is -2.23. The molecule has 2 bridgehead atoms. The molecule has 0 saturated carbocycles. The summed E-state index contributed by atoms with van der Waals surface area (Å²) in [5.74, 6) is -1.44. The van der Waals surface area contributed by atoms with E-state index < -0.39 is 17.4 Å². The van der Waals surface area contributed by atoms with Gasteiger partial charge in [-0.25, -0.2) is 0 Å². The van der Waals surface area contributed by atoms with Gasteiger partial charge in [-0.3, -0.25) is 9.59 Å². The molecular weight excluding hydrogens is 366 g/mol. The Morgan fingerprint density at radius 1 is 1.21 bits per heavy atom. The van der Waals surface area contributed by atoms with Gasteiger partial charge in [-0.05, 0) is 17.9 Å². The molecule has 3 aliphatic rings. The zero-order valence-corrected chi connectivity index (χ0v) is 16.5. The highest BCUT2D eigenvalue weighted by molar-refractivity contribution is 6.08.